The Kier molecular flexibility index (Phi) is 19.0. The van der Waals surface area contributed by atoms with Crippen molar-refractivity contribution < 1.29 is 27.9 Å². The number of aryl methyl sites for hydroxylation is 1. The summed E-state index contributed by atoms with van der Waals surface area (Å²) < 4.78 is 33.1. The van der Waals surface area contributed by atoms with Gasteiger partial charge in [0, 0.05) is 31.0 Å². The topological polar surface area (TPSA) is 125 Å². The smallest absolute Gasteiger partial charge is 0.411 e. The van der Waals surface area contributed by atoms with Gasteiger partial charge < -0.3 is 14.7 Å². The first-order valence-corrected chi connectivity index (χ1v) is 18.9. The Morgan fingerprint density at radius 1 is 0.870 bits per heavy atom. The lowest BCUT2D eigenvalue weighted by Crippen LogP contribution is -2.36. The molecule has 1 amide bonds. The minimum Gasteiger partial charge on any atom is -0.507 e. The molecule has 46 heavy (non-hydrogen) atoms. The number of rotatable bonds is 25. The van der Waals surface area contributed by atoms with Gasteiger partial charge in [0.15, 0.2) is 6.29 Å². The number of carbonyl (C=O) groups excluding carboxylic acids is 2. The molecule has 0 unspecified atom stereocenters. The molecule has 0 heterocycles. The average Bonchev–Trinajstić information content (AvgIpc) is 3.03. The van der Waals surface area contributed by atoms with Crippen molar-refractivity contribution in [3.63, 3.8) is 0 Å². The number of nitrogens with zero attached hydrogens (tertiary/aromatic N) is 1. The van der Waals surface area contributed by atoms with Gasteiger partial charge >= 0.3 is 6.09 Å². The van der Waals surface area contributed by atoms with E-state index < -0.39 is 16.1 Å². The number of carbonyl (C=O) groups is 2. The van der Waals surface area contributed by atoms with E-state index in [2.05, 4.69) is 21.9 Å². The molecule has 0 bridgehead atoms. The minimum atomic E-state index is -3.31. The number of anilines is 2. The SMILES string of the molecule is CCCCCCCCCCCCCCCCS(=O)(=O)NCCN(CC)c1ccc(NC(=O)OCc2ccc(C=O)c(O)c2)c(C)c1. The van der Waals surface area contributed by atoms with Gasteiger partial charge in [-0.15, -0.1) is 0 Å². The number of aldehydes is 1. The van der Waals surface area contributed by atoms with Gasteiger partial charge in [0.05, 0.1) is 11.3 Å². The molecule has 0 aliphatic heterocycles. The summed E-state index contributed by atoms with van der Waals surface area (Å²) in [5.41, 5.74) is 3.08. The number of benzene rings is 2. The van der Waals surface area contributed by atoms with Gasteiger partial charge in [0.25, 0.3) is 0 Å². The molecule has 0 aliphatic carbocycles. The van der Waals surface area contributed by atoms with Crippen LogP contribution in [0, 0.1) is 6.92 Å². The Labute approximate surface area is 277 Å². The van der Waals surface area contributed by atoms with Gasteiger partial charge in [-0.3, -0.25) is 10.1 Å². The molecule has 0 aromatic heterocycles. The van der Waals surface area contributed by atoms with Gasteiger partial charge in [-0.25, -0.2) is 17.9 Å². The third-order valence-corrected chi connectivity index (χ3v) is 9.73. The second-order valence-electron chi connectivity index (χ2n) is 12.1. The van der Waals surface area contributed by atoms with Gasteiger partial charge in [-0.05, 0) is 61.7 Å². The van der Waals surface area contributed by atoms with Gasteiger partial charge in [0.1, 0.15) is 12.4 Å². The van der Waals surface area contributed by atoms with Crippen molar-refractivity contribution in [2.75, 3.05) is 35.6 Å². The zero-order valence-corrected chi connectivity index (χ0v) is 29.1. The highest BCUT2D eigenvalue weighted by atomic mass is 32.2. The number of unbranched alkanes of at least 4 members (excludes halogenated alkanes) is 13. The lowest BCUT2D eigenvalue weighted by atomic mass is 10.0. The third kappa shape index (κ3) is 15.9. The van der Waals surface area contributed by atoms with Crippen molar-refractivity contribution in [3.05, 3.63) is 53.1 Å². The highest BCUT2D eigenvalue weighted by Gasteiger charge is 2.13. The van der Waals surface area contributed by atoms with Crippen molar-refractivity contribution in [1.82, 2.24) is 4.72 Å². The molecule has 2 aromatic rings. The van der Waals surface area contributed by atoms with Crippen LogP contribution in [0.3, 0.4) is 0 Å². The second-order valence-corrected chi connectivity index (χ2v) is 14.0. The van der Waals surface area contributed by atoms with E-state index >= 15 is 0 Å². The fourth-order valence-corrected chi connectivity index (χ4v) is 6.55. The molecule has 0 aliphatic rings. The zero-order valence-electron chi connectivity index (χ0n) is 28.3. The lowest BCUT2D eigenvalue weighted by molar-refractivity contribution is 0.112. The van der Waals surface area contributed by atoms with E-state index in [9.17, 15) is 23.1 Å². The number of ether oxygens (including phenoxy) is 1. The number of nitrogens with one attached hydrogen (secondary N) is 2. The quantitative estimate of drug-likeness (QED) is 0.0721. The van der Waals surface area contributed by atoms with Crippen LogP contribution >= 0.6 is 0 Å². The van der Waals surface area contributed by atoms with Crippen molar-refractivity contribution in [3.8, 4) is 5.75 Å². The van der Waals surface area contributed by atoms with Crippen LogP contribution in [0.5, 0.6) is 5.75 Å². The van der Waals surface area contributed by atoms with Crippen molar-refractivity contribution in [1.29, 1.82) is 0 Å². The lowest BCUT2D eigenvalue weighted by Gasteiger charge is -2.24. The molecular formula is C36H57N3O6S. The number of phenolic OH excluding ortho intramolecular Hbond substituents is 1. The molecule has 3 N–H and O–H groups in total. The first-order valence-electron chi connectivity index (χ1n) is 17.2. The molecule has 2 rings (SSSR count). The number of amides is 1. The second kappa shape index (κ2) is 22.4. The molecule has 0 saturated heterocycles. The summed E-state index contributed by atoms with van der Waals surface area (Å²) in [5.74, 6) is -0.000887. The van der Waals surface area contributed by atoms with Crippen molar-refractivity contribution in [2.45, 2.75) is 117 Å². The maximum Gasteiger partial charge on any atom is 0.411 e. The van der Waals surface area contributed by atoms with Crippen LogP contribution in [0.4, 0.5) is 16.2 Å². The number of sulfonamides is 1. The first kappa shape index (κ1) is 39.1. The third-order valence-electron chi connectivity index (χ3n) is 8.26. The average molecular weight is 660 g/mol. The Hall–Kier alpha value is -3.11. The van der Waals surface area contributed by atoms with Crippen LogP contribution in [-0.2, 0) is 21.4 Å². The van der Waals surface area contributed by atoms with Crippen LogP contribution in [0.25, 0.3) is 0 Å². The molecule has 2 aromatic carbocycles. The molecule has 0 spiro atoms. The summed E-state index contributed by atoms with van der Waals surface area (Å²) in [5, 5.41) is 12.5. The van der Waals surface area contributed by atoms with Crippen LogP contribution in [0.2, 0.25) is 0 Å². The summed E-state index contributed by atoms with van der Waals surface area (Å²) in [6, 6.07) is 10.1. The number of likely N-dealkylation sites (N-methyl/N-ethyl adjacent to an activating group) is 1. The molecular weight excluding hydrogens is 602 g/mol. The fourth-order valence-electron chi connectivity index (χ4n) is 5.42. The van der Waals surface area contributed by atoms with E-state index in [1.165, 1.54) is 82.8 Å². The monoisotopic (exact) mass is 659 g/mol. The molecule has 0 radical (unpaired) electrons. The molecule has 0 atom stereocenters. The van der Waals surface area contributed by atoms with E-state index in [4.69, 9.17) is 4.74 Å². The van der Waals surface area contributed by atoms with Gasteiger partial charge in [-0.1, -0.05) is 96.5 Å². The maximum atomic E-state index is 12.5. The minimum absolute atomic E-state index is 0.0609. The van der Waals surface area contributed by atoms with Crippen molar-refractivity contribution in [2.24, 2.45) is 0 Å². The number of phenols is 1. The normalized spacial score (nSPS) is 11.4. The Bertz CT molecular complexity index is 1280. The summed E-state index contributed by atoms with van der Waals surface area (Å²) in [7, 11) is -3.31. The first-order chi connectivity index (χ1) is 22.2. The largest absolute Gasteiger partial charge is 0.507 e. The van der Waals surface area contributed by atoms with Gasteiger partial charge in [0.2, 0.25) is 10.0 Å². The fraction of sp³-hybridized carbons (Fsp3) is 0.611. The highest BCUT2D eigenvalue weighted by molar-refractivity contribution is 7.89. The Morgan fingerprint density at radius 2 is 1.48 bits per heavy atom. The van der Waals surface area contributed by atoms with Crippen LogP contribution in [0.1, 0.15) is 125 Å². The molecule has 258 valence electrons. The Balaban J connectivity index is 1.63. The summed E-state index contributed by atoms with van der Waals surface area (Å²) in [6.45, 7) is 7.63. The predicted octanol–water partition coefficient (Wildman–Crippen LogP) is 8.49. The molecule has 9 nitrogen and oxygen atoms in total. The van der Waals surface area contributed by atoms with Gasteiger partial charge in [-0.2, -0.15) is 0 Å². The van der Waals surface area contributed by atoms with E-state index in [-0.39, 0.29) is 23.7 Å². The predicted molar refractivity (Wildman–Crippen MR) is 188 cm³/mol. The number of hydrogen-bond donors (Lipinski definition) is 3. The summed E-state index contributed by atoms with van der Waals surface area (Å²) in [6.07, 6.45) is 17.2. The standard InChI is InChI=1S/C36H57N3O6S/c1-4-6-7-8-9-10-11-12-13-14-15-16-17-18-25-46(43,44)37-23-24-39(5-2)33-21-22-34(30(3)26-33)38-36(42)45-29-31-19-20-32(28-40)35(41)27-31/h19-22,26-28,37,41H,4-18,23-25,29H2,1-3H3,(H,38,42). The van der Waals surface area contributed by atoms with E-state index in [1.807, 2.05) is 26.0 Å². The van der Waals surface area contributed by atoms with Crippen LogP contribution in [0.15, 0.2) is 36.4 Å². The summed E-state index contributed by atoms with van der Waals surface area (Å²) in [4.78, 5) is 25.3. The maximum absolute atomic E-state index is 12.5. The Morgan fingerprint density at radius 3 is 2.02 bits per heavy atom. The van der Waals surface area contributed by atoms with Crippen LogP contribution in [-0.4, -0.2) is 51.3 Å². The molecule has 0 saturated carbocycles. The van der Waals surface area contributed by atoms with Crippen LogP contribution < -0.4 is 14.9 Å². The van der Waals surface area contributed by atoms with E-state index in [0.717, 1.165) is 24.1 Å². The summed E-state index contributed by atoms with van der Waals surface area (Å²) >= 11 is 0. The van der Waals surface area contributed by atoms with Crippen molar-refractivity contribution >= 4 is 33.8 Å². The van der Waals surface area contributed by atoms with E-state index in [1.54, 1.807) is 12.1 Å². The molecule has 10 heteroatoms. The number of hydrogen-bond acceptors (Lipinski definition) is 7. The highest BCUT2D eigenvalue weighted by Crippen LogP contribution is 2.23. The number of aromatic hydroxyl groups is 1. The van der Waals surface area contributed by atoms with E-state index in [0.29, 0.717) is 43.6 Å². The zero-order chi connectivity index (χ0) is 33.6. The molecule has 0 fully saturated rings.